The van der Waals surface area contributed by atoms with Gasteiger partial charge in [-0.15, -0.1) is 0 Å². The van der Waals surface area contributed by atoms with Crippen LogP contribution in [0.5, 0.6) is 149 Å². The quantitative estimate of drug-likeness (QED) is 0.0663. The Kier molecular flexibility index (Phi) is 8.40. The minimum Gasteiger partial charge on any atom is -0.506 e. The maximum atomic E-state index is 12.3. The van der Waals surface area contributed by atoms with Gasteiger partial charge in [0.25, 0.3) is 0 Å². The molecule has 9 aromatic rings. The number of rotatable bonds is 3. The van der Waals surface area contributed by atoms with Crippen LogP contribution in [0.4, 0.5) is 0 Å². The summed E-state index contributed by atoms with van der Waals surface area (Å²) >= 11 is 0. The lowest BCUT2D eigenvalue weighted by Crippen LogP contribution is -1.98. The molecule has 8 aromatic carbocycles. The Morgan fingerprint density at radius 3 is 0.725 bits per heavy atom. The van der Waals surface area contributed by atoms with Crippen LogP contribution < -0.4 is 0 Å². The van der Waals surface area contributed by atoms with E-state index in [-0.39, 0.29) is 0 Å². The Morgan fingerprint density at radius 1 is 0.130 bits per heavy atom. The SMILES string of the molecule is Oc1c(O)c(O)c(-c2c(O)c(O)c(O)c(O)c2-c2c3c(O)c(O)c(O)c(O)c3c(-c3c(O)c(O)c4oc5c6c(O)c(O)c(O)c(O)c6c(O)c(O)c5c4c3O)c3c(O)c(O)c(O)c(O)c23)c(O)c1O. The van der Waals surface area contributed by atoms with Gasteiger partial charge < -0.3 is 137 Å². The minimum absolute atomic E-state index is 0.973. The van der Waals surface area contributed by atoms with E-state index in [1.807, 2.05) is 0 Å². The monoisotopic (exact) mass is 962 g/mol. The van der Waals surface area contributed by atoms with Crippen molar-refractivity contribution < 1.29 is 137 Å². The molecule has 0 saturated heterocycles. The van der Waals surface area contributed by atoms with Crippen LogP contribution in [-0.4, -0.2) is 133 Å². The molecule has 0 aliphatic carbocycles. The van der Waals surface area contributed by atoms with Gasteiger partial charge in [-0.3, -0.25) is 0 Å². The molecule has 26 N–H and O–H groups in total. The highest BCUT2D eigenvalue weighted by molar-refractivity contribution is 6.33. The Labute approximate surface area is 373 Å². The fraction of sp³-hybridized carbons (Fsp3) is 0. The number of aromatic hydroxyl groups is 26. The minimum atomic E-state index is -1.86. The molecule has 356 valence electrons. The molecule has 27 heteroatoms. The Morgan fingerprint density at radius 2 is 0.333 bits per heavy atom. The summed E-state index contributed by atoms with van der Waals surface area (Å²) < 4.78 is 5.55. The fourth-order valence-electron chi connectivity index (χ4n) is 8.54. The molecular formula is C42H26O27. The summed E-state index contributed by atoms with van der Waals surface area (Å²) in [6, 6.07) is 0. The predicted molar refractivity (Wildman–Crippen MR) is 226 cm³/mol. The zero-order valence-corrected chi connectivity index (χ0v) is 33.0. The van der Waals surface area contributed by atoms with Gasteiger partial charge in [0, 0.05) is 43.8 Å². The van der Waals surface area contributed by atoms with E-state index < -0.39 is 237 Å². The van der Waals surface area contributed by atoms with Crippen LogP contribution in [0.1, 0.15) is 0 Å². The standard InChI is InChI=1S/C42H26O27/c43-15-9(26(54)40(68)42-13(15)14-27(55)22(50)11-12(41(14)69-42)28(56)38(66)35(63)25(11)53)2-6-3(16(44)29(57)32(60)19(6)47)1(4-7(2)20(48)33(61)30(58)17(4)45)5-8(21(49)34(62)31(59)18(5)46)10-23(51)36(64)39(67)37(65)24(10)52/h43-68H. The molecule has 9 rings (SSSR count). The Balaban J connectivity index is 1.63. The predicted octanol–water partition coefficient (Wildman–Crippen LogP) is 4.39. The Hall–Kier alpha value is -10.9. The molecule has 0 aliphatic heterocycles. The van der Waals surface area contributed by atoms with E-state index >= 15 is 0 Å². The topological polar surface area (TPSA) is 539 Å². The Bertz CT molecular complexity index is 3850. The highest BCUT2D eigenvalue weighted by atomic mass is 16.4. The molecule has 0 fully saturated rings. The maximum Gasteiger partial charge on any atom is 0.208 e. The molecule has 27 nitrogen and oxygen atoms in total. The first-order valence-electron chi connectivity index (χ1n) is 18.5. The number of hydrogen-bond acceptors (Lipinski definition) is 27. The molecule has 0 amide bonds. The van der Waals surface area contributed by atoms with E-state index in [9.17, 15) is 133 Å². The summed E-state index contributed by atoms with van der Waals surface area (Å²) in [5, 5.41) is 279. The summed E-state index contributed by atoms with van der Waals surface area (Å²) in [5.41, 5.74) is -11.2. The number of furan rings is 1. The number of fused-ring (bicyclic) bond motifs is 7. The first-order chi connectivity index (χ1) is 32.2. The molecule has 0 saturated carbocycles. The normalized spacial score (nSPS) is 11.8. The van der Waals surface area contributed by atoms with E-state index in [1.165, 1.54) is 0 Å². The number of phenols is 26. The summed E-state index contributed by atoms with van der Waals surface area (Å²) in [4.78, 5) is 0. The van der Waals surface area contributed by atoms with Crippen molar-refractivity contribution in [1.82, 2.24) is 0 Å². The molecule has 0 unspecified atom stereocenters. The molecule has 1 aromatic heterocycles. The van der Waals surface area contributed by atoms with Crippen molar-refractivity contribution in [2.24, 2.45) is 0 Å². The van der Waals surface area contributed by atoms with Crippen molar-refractivity contribution in [2.45, 2.75) is 0 Å². The van der Waals surface area contributed by atoms with Gasteiger partial charge in [-0.2, -0.15) is 0 Å². The van der Waals surface area contributed by atoms with E-state index in [0.29, 0.717) is 0 Å². The van der Waals surface area contributed by atoms with Gasteiger partial charge in [0.05, 0.1) is 32.7 Å². The lowest BCUT2D eigenvalue weighted by molar-refractivity contribution is 0.329. The average Bonchev–Trinajstić information content (AvgIpc) is 3.73. The van der Waals surface area contributed by atoms with Gasteiger partial charge in [0.1, 0.15) is 5.75 Å². The van der Waals surface area contributed by atoms with Crippen LogP contribution in [-0.2, 0) is 0 Å². The first-order valence-corrected chi connectivity index (χ1v) is 18.5. The maximum absolute atomic E-state index is 12.3. The van der Waals surface area contributed by atoms with Crippen molar-refractivity contribution in [3.63, 3.8) is 0 Å². The van der Waals surface area contributed by atoms with Crippen molar-refractivity contribution >= 4 is 54.3 Å². The van der Waals surface area contributed by atoms with E-state index in [2.05, 4.69) is 0 Å². The largest absolute Gasteiger partial charge is 0.506 e. The van der Waals surface area contributed by atoms with Crippen LogP contribution >= 0.6 is 0 Å². The van der Waals surface area contributed by atoms with Gasteiger partial charge in [-0.05, 0) is 0 Å². The molecule has 69 heavy (non-hydrogen) atoms. The van der Waals surface area contributed by atoms with Crippen LogP contribution in [0.2, 0.25) is 0 Å². The second-order valence-electron chi connectivity index (χ2n) is 15.1. The summed E-state index contributed by atoms with van der Waals surface area (Å²) in [6.45, 7) is 0. The fourth-order valence-corrected chi connectivity index (χ4v) is 8.54. The van der Waals surface area contributed by atoms with Crippen molar-refractivity contribution in [3.05, 3.63) is 0 Å². The molecule has 0 radical (unpaired) electrons. The molecule has 1 heterocycles. The van der Waals surface area contributed by atoms with Gasteiger partial charge >= 0.3 is 0 Å². The second kappa shape index (κ2) is 13.4. The molecule has 0 spiro atoms. The molecular weight excluding hydrogens is 936 g/mol. The van der Waals surface area contributed by atoms with E-state index in [4.69, 9.17) is 4.42 Å². The van der Waals surface area contributed by atoms with Crippen LogP contribution in [0.15, 0.2) is 4.42 Å². The third-order valence-electron chi connectivity index (χ3n) is 11.7. The number of hydrogen-bond donors (Lipinski definition) is 26. The van der Waals surface area contributed by atoms with Crippen LogP contribution in [0.25, 0.3) is 87.6 Å². The molecule has 0 atom stereocenters. The lowest BCUT2D eigenvalue weighted by Gasteiger charge is -2.25. The van der Waals surface area contributed by atoms with Crippen molar-refractivity contribution in [1.29, 1.82) is 0 Å². The zero-order chi connectivity index (χ0) is 51.0. The second-order valence-corrected chi connectivity index (χ2v) is 15.1. The van der Waals surface area contributed by atoms with Gasteiger partial charge in [0.15, 0.2) is 85.9 Å². The van der Waals surface area contributed by atoms with Crippen molar-refractivity contribution in [2.75, 3.05) is 0 Å². The first kappa shape index (κ1) is 43.4. The summed E-state index contributed by atoms with van der Waals surface area (Å²) in [6.07, 6.45) is 0. The smallest absolute Gasteiger partial charge is 0.208 e. The summed E-state index contributed by atoms with van der Waals surface area (Å²) in [7, 11) is 0. The van der Waals surface area contributed by atoms with Crippen molar-refractivity contribution in [3.8, 4) is 183 Å². The van der Waals surface area contributed by atoms with Crippen LogP contribution in [0, 0.1) is 0 Å². The molecule has 0 bridgehead atoms. The highest BCUT2D eigenvalue weighted by Gasteiger charge is 2.41. The van der Waals surface area contributed by atoms with E-state index in [0.717, 1.165) is 0 Å². The van der Waals surface area contributed by atoms with Gasteiger partial charge in [-0.25, -0.2) is 0 Å². The van der Waals surface area contributed by atoms with E-state index in [1.54, 1.807) is 0 Å². The average molecular weight is 963 g/mol. The zero-order valence-electron chi connectivity index (χ0n) is 33.0. The highest BCUT2D eigenvalue weighted by Crippen LogP contribution is 2.70. The van der Waals surface area contributed by atoms with Gasteiger partial charge in [0.2, 0.25) is 69.0 Å². The van der Waals surface area contributed by atoms with Crippen LogP contribution in [0.3, 0.4) is 0 Å². The number of benzene rings is 8. The third-order valence-corrected chi connectivity index (χ3v) is 11.7. The van der Waals surface area contributed by atoms with Gasteiger partial charge in [-0.1, -0.05) is 0 Å². The third kappa shape index (κ3) is 4.86. The lowest BCUT2D eigenvalue weighted by atomic mass is 9.80. The molecule has 0 aliphatic rings. The number of phenolic OH excluding ortho intramolecular Hbond substituents is 26. The summed E-state index contributed by atoms with van der Waals surface area (Å²) in [5.74, 6) is -43.8.